The summed E-state index contributed by atoms with van der Waals surface area (Å²) in [6.45, 7) is 3.85. The molecule has 2 unspecified atom stereocenters. The van der Waals surface area contributed by atoms with Gasteiger partial charge in [-0.05, 0) is 25.2 Å². The lowest BCUT2D eigenvalue weighted by molar-refractivity contribution is -0.132. The summed E-state index contributed by atoms with van der Waals surface area (Å²) >= 11 is 0. The molecule has 6 nitrogen and oxygen atoms in total. The maximum Gasteiger partial charge on any atom is 0.279 e. The molecule has 2 fully saturated rings. The van der Waals surface area contributed by atoms with Crippen LogP contribution in [0.2, 0.25) is 0 Å². The van der Waals surface area contributed by atoms with E-state index in [4.69, 9.17) is 0 Å². The fraction of sp³-hybridized carbons (Fsp3) is 0.917. The SMILES string of the molecule is CC1CCCN(S(=O)(=O)NC2CCN(C)C(=O)C2)C1. The van der Waals surface area contributed by atoms with Crippen LogP contribution in [0.25, 0.3) is 0 Å². The maximum absolute atomic E-state index is 12.3. The van der Waals surface area contributed by atoms with E-state index < -0.39 is 10.2 Å². The summed E-state index contributed by atoms with van der Waals surface area (Å²) in [5.74, 6) is 0.412. The van der Waals surface area contributed by atoms with Crippen molar-refractivity contribution in [1.82, 2.24) is 13.9 Å². The highest BCUT2D eigenvalue weighted by Crippen LogP contribution is 2.19. The average Bonchev–Trinajstić information content (AvgIpc) is 2.33. The predicted octanol–water partition coefficient (Wildman–Crippen LogP) is 0.174. The van der Waals surface area contributed by atoms with Crippen LogP contribution < -0.4 is 4.72 Å². The Morgan fingerprint density at radius 3 is 2.63 bits per heavy atom. The number of carbonyl (C=O) groups is 1. The first-order valence-electron chi connectivity index (χ1n) is 6.90. The van der Waals surface area contributed by atoms with Crippen molar-refractivity contribution in [3.05, 3.63) is 0 Å². The number of hydrogen-bond acceptors (Lipinski definition) is 3. The van der Waals surface area contributed by atoms with Crippen LogP contribution in [0.5, 0.6) is 0 Å². The van der Waals surface area contributed by atoms with Gasteiger partial charge < -0.3 is 4.90 Å². The molecule has 2 saturated heterocycles. The van der Waals surface area contributed by atoms with Gasteiger partial charge in [-0.15, -0.1) is 0 Å². The molecule has 0 spiro atoms. The van der Waals surface area contributed by atoms with Gasteiger partial charge in [0, 0.05) is 39.1 Å². The Bertz CT molecular complexity index is 438. The van der Waals surface area contributed by atoms with Crippen LogP contribution in [-0.4, -0.2) is 56.3 Å². The minimum Gasteiger partial charge on any atom is -0.346 e. The Hall–Kier alpha value is -0.660. The van der Waals surface area contributed by atoms with Gasteiger partial charge in [0.05, 0.1) is 0 Å². The highest BCUT2D eigenvalue weighted by molar-refractivity contribution is 7.87. The summed E-state index contributed by atoms with van der Waals surface area (Å²) in [6, 6.07) is -0.258. The number of amides is 1. The van der Waals surface area contributed by atoms with Crippen LogP contribution in [-0.2, 0) is 15.0 Å². The molecule has 0 aliphatic carbocycles. The van der Waals surface area contributed by atoms with Crippen LogP contribution in [0.1, 0.15) is 32.6 Å². The van der Waals surface area contributed by atoms with Gasteiger partial charge >= 0.3 is 0 Å². The molecule has 0 aromatic carbocycles. The van der Waals surface area contributed by atoms with Crippen LogP contribution in [0.15, 0.2) is 0 Å². The second-order valence-corrected chi connectivity index (χ2v) is 7.44. The monoisotopic (exact) mass is 289 g/mol. The molecule has 0 aromatic rings. The van der Waals surface area contributed by atoms with Crippen LogP contribution >= 0.6 is 0 Å². The fourth-order valence-corrected chi connectivity index (χ4v) is 4.28. The zero-order chi connectivity index (χ0) is 14.0. The van der Waals surface area contributed by atoms with Crippen LogP contribution in [0, 0.1) is 5.92 Å². The third-order valence-electron chi connectivity index (χ3n) is 3.94. The first kappa shape index (κ1) is 14.7. The van der Waals surface area contributed by atoms with E-state index in [0.717, 1.165) is 12.8 Å². The molecule has 1 N–H and O–H groups in total. The average molecular weight is 289 g/mol. The summed E-state index contributed by atoms with van der Waals surface area (Å²) in [5.41, 5.74) is 0. The zero-order valence-corrected chi connectivity index (χ0v) is 12.4. The lowest BCUT2D eigenvalue weighted by Gasteiger charge is -2.33. The molecule has 2 aliphatic rings. The molecule has 2 rings (SSSR count). The third-order valence-corrected chi connectivity index (χ3v) is 5.58. The summed E-state index contributed by atoms with van der Waals surface area (Å²) in [5, 5.41) is 0. The Morgan fingerprint density at radius 2 is 2.00 bits per heavy atom. The van der Waals surface area contributed by atoms with Gasteiger partial charge in [-0.3, -0.25) is 4.79 Å². The summed E-state index contributed by atoms with van der Waals surface area (Å²) < 4.78 is 28.8. The molecule has 2 aliphatic heterocycles. The minimum absolute atomic E-state index is 0.00552. The summed E-state index contributed by atoms with van der Waals surface area (Å²) in [4.78, 5) is 13.2. The smallest absolute Gasteiger partial charge is 0.279 e. The number of likely N-dealkylation sites (tertiary alicyclic amines) is 1. The van der Waals surface area contributed by atoms with Crippen molar-refractivity contribution in [2.45, 2.75) is 38.6 Å². The minimum atomic E-state index is -3.44. The molecule has 2 heterocycles. The second kappa shape index (κ2) is 5.76. The molecule has 7 heteroatoms. The fourth-order valence-electron chi connectivity index (χ4n) is 2.69. The number of piperidine rings is 2. The van der Waals surface area contributed by atoms with E-state index >= 15 is 0 Å². The number of carbonyl (C=O) groups excluding carboxylic acids is 1. The Labute approximate surface area is 115 Å². The van der Waals surface area contributed by atoms with Crippen molar-refractivity contribution in [3.8, 4) is 0 Å². The molecular weight excluding hydrogens is 266 g/mol. The van der Waals surface area contributed by atoms with Gasteiger partial charge in [0.2, 0.25) is 5.91 Å². The van der Waals surface area contributed by atoms with Crippen molar-refractivity contribution < 1.29 is 13.2 Å². The van der Waals surface area contributed by atoms with E-state index in [0.29, 0.717) is 32.0 Å². The highest BCUT2D eigenvalue weighted by atomic mass is 32.2. The van der Waals surface area contributed by atoms with E-state index in [1.807, 2.05) is 0 Å². The quantitative estimate of drug-likeness (QED) is 0.805. The molecule has 2 atom stereocenters. The summed E-state index contributed by atoms with van der Waals surface area (Å²) in [6.07, 6.45) is 2.94. The normalized spacial score (nSPS) is 30.6. The Kier molecular flexibility index (Phi) is 4.47. The van der Waals surface area contributed by atoms with E-state index in [9.17, 15) is 13.2 Å². The Morgan fingerprint density at radius 1 is 1.26 bits per heavy atom. The number of hydrogen-bond donors (Lipinski definition) is 1. The first-order chi connectivity index (χ1) is 8.88. The topological polar surface area (TPSA) is 69.7 Å². The summed E-state index contributed by atoms with van der Waals surface area (Å²) in [7, 11) is -1.69. The van der Waals surface area contributed by atoms with Crippen molar-refractivity contribution in [2.24, 2.45) is 5.92 Å². The van der Waals surface area contributed by atoms with Gasteiger partial charge in [0.15, 0.2) is 0 Å². The van der Waals surface area contributed by atoms with E-state index in [1.165, 1.54) is 4.31 Å². The largest absolute Gasteiger partial charge is 0.346 e. The predicted molar refractivity (Wildman–Crippen MR) is 72.7 cm³/mol. The van der Waals surface area contributed by atoms with Crippen molar-refractivity contribution in [3.63, 3.8) is 0 Å². The van der Waals surface area contributed by atoms with E-state index in [1.54, 1.807) is 11.9 Å². The van der Waals surface area contributed by atoms with Gasteiger partial charge in [-0.1, -0.05) is 6.92 Å². The number of rotatable bonds is 3. The van der Waals surface area contributed by atoms with Crippen molar-refractivity contribution in [2.75, 3.05) is 26.7 Å². The standard InChI is InChI=1S/C12H23N3O3S/c1-10-4-3-6-15(9-10)19(17,18)13-11-5-7-14(2)12(16)8-11/h10-11,13H,3-9H2,1-2H3. The van der Waals surface area contributed by atoms with E-state index in [-0.39, 0.29) is 18.4 Å². The van der Waals surface area contributed by atoms with Gasteiger partial charge in [-0.25, -0.2) is 0 Å². The molecule has 0 aromatic heterocycles. The Balaban J connectivity index is 1.95. The van der Waals surface area contributed by atoms with Gasteiger partial charge in [0.25, 0.3) is 10.2 Å². The van der Waals surface area contributed by atoms with E-state index in [2.05, 4.69) is 11.6 Å². The highest BCUT2D eigenvalue weighted by Gasteiger charge is 2.31. The lowest BCUT2D eigenvalue weighted by Crippen LogP contribution is -2.52. The molecule has 0 saturated carbocycles. The first-order valence-corrected chi connectivity index (χ1v) is 8.34. The molecule has 110 valence electrons. The zero-order valence-electron chi connectivity index (χ0n) is 11.6. The maximum atomic E-state index is 12.3. The lowest BCUT2D eigenvalue weighted by atomic mass is 10.0. The van der Waals surface area contributed by atoms with Crippen molar-refractivity contribution in [1.29, 1.82) is 0 Å². The van der Waals surface area contributed by atoms with Gasteiger partial charge in [-0.2, -0.15) is 17.4 Å². The third kappa shape index (κ3) is 3.67. The number of nitrogens with zero attached hydrogens (tertiary/aromatic N) is 2. The van der Waals surface area contributed by atoms with Crippen molar-refractivity contribution >= 4 is 16.1 Å². The molecule has 1 amide bonds. The second-order valence-electron chi connectivity index (χ2n) is 5.73. The number of nitrogens with one attached hydrogen (secondary N) is 1. The molecule has 0 radical (unpaired) electrons. The molecule has 19 heavy (non-hydrogen) atoms. The van der Waals surface area contributed by atoms with Gasteiger partial charge in [0.1, 0.15) is 0 Å². The van der Waals surface area contributed by atoms with Crippen LogP contribution in [0.3, 0.4) is 0 Å². The molecular formula is C12H23N3O3S. The molecule has 0 bridgehead atoms. The van der Waals surface area contributed by atoms with Crippen LogP contribution in [0.4, 0.5) is 0 Å².